The predicted octanol–water partition coefficient (Wildman–Crippen LogP) is 1.98. The Hall–Kier alpha value is -2.67. The van der Waals surface area contributed by atoms with Crippen LogP contribution >= 0.6 is 11.6 Å². The van der Waals surface area contributed by atoms with E-state index in [2.05, 4.69) is 20.0 Å². The second kappa shape index (κ2) is 6.92. The van der Waals surface area contributed by atoms with Gasteiger partial charge in [0.2, 0.25) is 5.91 Å². The van der Waals surface area contributed by atoms with Gasteiger partial charge in [0.05, 0.1) is 6.42 Å². The lowest BCUT2D eigenvalue weighted by molar-refractivity contribution is -0.130. The smallest absolute Gasteiger partial charge is 0.254 e. The molecule has 4 rings (SSSR count). The average molecular weight is 371 g/mol. The number of benzene rings is 1. The molecule has 1 saturated heterocycles. The number of aryl methyl sites for hydroxylation is 1. The summed E-state index contributed by atoms with van der Waals surface area (Å²) in [7, 11) is 0. The van der Waals surface area contributed by atoms with E-state index in [0.717, 1.165) is 30.2 Å². The monoisotopic (exact) mass is 370 g/mol. The lowest BCUT2D eigenvalue weighted by Crippen LogP contribution is -2.49. The Kier molecular flexibility index (Phi) is 4.46. The molecule has 134 valence electrons. The van der Waals surface area contributed by atoms with E-state index in [-0.39, 0.29) is 5.91 Å². The fraction of sp³-hybridized carbons (Fsp3) is 0.333. The van der Waals surface area contributed by atoms with Gasteiger partial charge in [-0.3, -0.25) is 4.79 Å². The van der Waals surface area contributed by atoms with Crippen molar-refractivity contribution in [2.24, 2.45) is 0 Å². The van der Waals surface area contributed by atoms with Gasteiger partial charge in [-0.15, -0.1) is 0 Å². The summed E-state index contributed by atoms with van der Waals surface area (Å²) in [5, 5.41) is 4.92. The van der Waals surface area contributed by atoms with Crippen LogP contribution in [-0.4, -0.2) is 56.6 Å². The fourth-order valence-electron chi connectivity index (χ4n) is 3.25. The number of halogens is 1. The maximum absolute atomic E-state index is 12.6. The minimum Gasteiger partial charge on any atom is -0.353 e. The minimum atomic E-state index is 0.128. The summed E-state index contributed by atoms with van der Waals surface area (Å²) in [6.45, 7) is 4.80. The molecular formula is C18H19ClN6O. The Morgan fingerprint density at radius 1 is 1.19 bits per heavy atom. The zero-order valence-electron chi connectivity index (χ0n) is 14.5. The summed E-state index contributed by atoms with van der Waals surface area (Å²) < 4.78 is 1.75. The van der Waals surface area contributed by atoms with E-state index in [4.69, 9.17) is 11.6 Å². The van der Waals surface area contributed by atoms with Crippen LogP contribution in [-0.2, 0) is 11.2 Å². The third-order valence-electron chi connectivity index (χ3n) is 4.56. The molecule has 3 heterocycles. The van der Waals surface area contributed by atoms with E-state index < -0.39 is 0 Å². The molecule has 0 aliphatic carbocycles. The Morgan fingerprint density at radius 2 is 2.00 bits per heavy atom. The van der Waals surface area contributed by atoms with Gasteiger partial charge >= 0.3 is 0 Å². The molecule has 0 unspecified atom stereocenters. The summed E-state index contributed by atoms with van der Waals surface area (Å²) in [4.78, 5) is 25.2. The summed E-state index contributed by atoms with van der Waals surface area (Å²) in [5.74, 6) is 1.69. The molecule has 0 N–H and O–H groups in total. The highest BCUT2D eigenvalue weighted by Gasteiger charge is 2.23. The number of fused-ring (bicyclic) bond motifs is 1. The third kappa shape index (κ3) is 3.35. The van der Waals surface area contributed by atoms with Crippen LogP contribution in [0.3, 0.4) is 0 Å². The normalized spacial score (nSPS) is 14.8. The number of carbonyl (C=O) groups excluding carboxylic acids is 1. The topological polar surface area (TPSA) is 66.6 Å². The maximum atomic E-state index is 12.6. The van der Waals surface area contributed by atoms with E-state index in [1.165, 1.54) is 6.33 Å². The van der Waals surface area contributed by atoms with E-state index >= 15 is 0 Å². The molecule has 1 fully saturated rings. The number of hydrogen-bond donors (Lipinski definition) is 0. The van der Waals surface area contributed by atoms with Crippen LogP contribution in [0.4, 0.5) is 5.82 Å². The molecule has 0 saturated carbocycles. The number of carbonyl (C=O) groups is 1. The van der Waals surface area contributed by atoms with Gasteiger partial charge in [0.15, 0.2) is 0 Å². The van der Waals surface area contributed by atoms with Crippen LogP contribution < -0.4 is 4.90 Å². The van der Waals surface area contributed by atoms with E-state index in [9.17, 15) is 4.79 Å². The standard InChI is InChI=1S/C18H19ClN6O/c1-13-9-16(25-18(22-13)20-12-21-25)23-5-7-24(8-6-23)17(26)11-14-3-2-4-15(19)10-14/h2-4,9-10,12H,5-8,11H2,1H3. The maximum Gasteiger partial charge on any atom is 0.254 e. The van der Waals surface area contributed by atoms with E-state index in [1.54, 1.807) is 4.52 Å². The number of anilines is 1. The number of piperazine rings is 1. The third-order valence-corrected chi connectivity index (χ3v) is 4.80. The van der Waals surface area contributed by atoms with Crippen molar-refractivity contribution in [3.63, 3.8) is 0 Å². The second-order valence-corrected chi connectivity index (χ2v) is 6.84. The van der Waals surface area contributed by atoms with Gasteiger partial charge in [-0.05, 0) is 24.6 Å². The lowest BCUT2D eigenvalue weighted by atomic mass is 10.1. The molecule has 1 aliphatic rings. The van der Waals surface area contributed by atoms with Gasteiger partial charge in [-0.2, -0.15) is 14.6 Å². The van der Waals surface area contributed by atoms with Crippen molar-refractivity contribution in [3.8, 4) is 0 Å². The van der Waals surface area contributed by atoms with Crippen LogP contribution in [0.2, 0.25) is 5.02 Å². The predicted molar refractivity (Wildman–Crippen MR) is 99.5 cm³/mol. The molecule has 8 heteroatoms. The molecule has 0 bridgehead atoms. The van der Waals surface area contributed by atoms with Gasteiger partial charge in [0, 0.05) is 43.0 Å². The first-order valence-corrected chi connectivity index (χ1v) is 8.92. The average Bonchev–Trinajstić information content (AvgIpc) is 3.09. The van der Waals surface area contributed by atoms with E-state index in [0.29, 0.717) is 30.3 Å². The molecule has 0 radical (unpaired) electrons. The molecule has 3 aromatic rings. The number of hydrogen-bond acceptors (Lipinski definition) is 5. The van der Waals surface area contributed by atoms with Crippen molar-refractivity contribution in [2.75, 3.05) is 31.1 Å². The van der Waals surface area contributed by atoms with Crippen molar-refractivity contribution in [3.05, 3.63) is 52.9 Å². The first kappa shape index (κ1) is 16.8. The largest absolute Gasteiger partial charge is 0.353 e. The highest BCUT2D eigenvalue weighted by atomic mass is 35.5. The summed E-state index contributed by atoms with van der Waals surface area (Å²) in [6, 6.07) is 9.47. The first-order valence-electron chi connectivity index (χ1n) is 8.55. The zero-order chi connectivity index (χ0) is 18.1. The molecule has 0 atom stereocenters. The SMILES string of the molecule is Cc1cc(N2CCN(C(=O)Cc3cccc(Cl)c3)CC2)n2ncnc2n1. The fourth-order valence-corrected chi connectivity index (χ4v) is 3.47. The number of rotatable bonds is 3. The molecule has 26 heavy (non-hydrogen) atoms. The second-order valence-electron chi connectivity index (χ2n) is 6.40. The van der Waals surface area contributed by atoms with E-state index in [1.807, 2.05) is 42.2 Å². The van der Waals surface area contributed by atoms with Gasteiger partial charge in [-0.25, -0.2) is 4.98 Å². The highest BCUT2D eigenvalue weighted by Crippen LogP contribution is 2.18. The summed E-state index contributed by atoms with van der Waals surface area (Å²) in [6.07, 6.45) is 1.89. The van der Waals surface area contributed by atoms with Crippen molar-refractivity contribution >= 4 is 29.1 Å². The first-order chi connectivity index (χ1) is 12.6. The van der Waals surface area contributed by atoms with Gasteiger partial charge in [-0.1, -0.05) is 23.7 Å². The molecule has 7 nitrogen and oxygen atoms in total. The minimum absolute atomic E-state index is 0.128. The lowest BCUT2D eigenvalue weighted by Gasteiger charge is -2.36. The van der Waals surface area contributed by atoms with Crippen molar-refractivity contribution in [2.45, 2.75) is 13.3 Å². The highest BCUT2D eigenvalue weighted by molar-refractivity contribution is 6.30. The van der Waals surface area contributed by atoms with Crippen LogP contribution in [0.15, 0.2) is 36.7 Å². The van der Waals surface area contributed by atoms with Crippen LogP contribution in [0, 0.1) is 6.92 Å². The Labute approximate surface area is 156 Å². The molecule has 2 aromatic heterocycles. The number of amides is 1. The van der Waals surface area contributed by atoms with Crippen molar-refractivity contribution in [1.82, 2.24) is 24.5 Å². The number of nitrogens with zero attached hydrogens (tertiary/aromatic N) is 6. The molecule has 1 amide bonds. The molecular weight excluding hydrogens is 352 g/mol. The van der Waals surface area contributed by atoms with Crippen molar-refractivity contribution in [1.29, 1.82) is 0 Å². The zero-order valence-corrected chi connectivity index (χ0v) is 15.2. The van der Waals surface area contributed by atoms with Gasteiger partial charge in [0.1, 0.15) is 12.1 Å². The van der Waals surface area contributed by atoms with Crippen LogP contribution in [0.1, 0.15) is 11.3 Å². The number of aromatic nitrogens is 4. The Bertz CT molecular complexity index is 948. The summed E-state index contributed by atoms with van der Waals surface area (Å²) in [5.41, 5.74) is 1.85. The molecule has 1 aliphatic heterocycles. The Morgan fingerprint density at radius 3 is 2.77 bits per heavy atom. The van der Waals surface area contributed by atoms with Crippen molar-refractivity contribution < 1.29 is 4.79 Å². The summed E-state index contributed by atoms with van der Waals surface area (Å²) >= 11 is 6.00. The quantitative estimate of drug-likeness (QED) is 0.705. The van der Waals surface area contributed by atoms with Crippen LogP contribution in [0.25, 0.3) is 5.78 Å². The Balaban J connectivity index is 1.43. The van der Waals surface area contributed by atoms with Crippen LogP contribution in [0.5, 0.6) is 0 Å². The van der Waals surface area contributed by atoms with Gasteiger partial charge < -0.3 is 9.80 Å². The molecule has 0 spiro atoms. The van der Waals surface area contributed by atoms with Gasteiger partial charge in [0.25, 0.3) is 5.78 Å². The molecule has 1 aromatic carbocycles.